The number of nitrogens with two attached hydrogens (primary N) is 1. The molecule has 1 aromatic carbocycles. The summed E-state index contributed by atoms with van der Waals surface area (Å²) in [7, 11) is 0. The van der Waals surface area contributed by atoms with Crippen LogP contribution in [-0.2, 0) is 14.4 Å². The van der Waals surface area contributed by atoms with E-state index in [9.17, 15) is 24.0 Å². The van der Waals surface area contributed by atoms with Gasteiger partial charge in [-0.15, -0.1) is 0 Å². The van der Waals surface area contributed by atoms with E-state index in [-0.39, 0.29) is 29.9 Å². The van der Waals surface area contributed by atoms with Crippen molar-refractivity contribution in [3.63, 3.8) is 0 Å². The van der Waals surface area contributed by atoms with E-state index in [0.717, 1.165) is 4.90 Å². The number of nitrogens with one attached hydrogen (secondary N) is 2. The topological polar surface area (TPSA) is 139 Å². The molecule has 0 spiro atoms. The first-order valence-electron chi connectivity index (χ1n) is 7.68. The highest BCUT2D eigenvalue weighted by atomic mass is 16.2. The van der Waals surface area contributed by atoms with Crippen LogP contribution < -0.4 is 16.4 Å². The van der Waals surface area contributed by atoms with Gasteiger partial charge in [-0.1, -0.05) is 12.1 Å². The third-order valence-corrected chi connectivity index (χ3v) is 4.19. The lowest BCUT2D eigenvalue weighted by Crippen LogP contribution is -2.54. The van der Waals surface area contributed by atoms with Crippen molar-refractivity contribution < 1.29 is 24.0 Å². The average Bonchev–Trinajstić information content (AvgIpc) is 2.79. The highest BCUT2D eigenvalue weighted by Gasteiger charge is 2.45. The molecule has 0 aliphatic carbocycles. The number of amides is 5. The molecule has 130 valence electrons. The van der Waals surface area contributed by atoms with Gasteiger partial charge in [0.05, 0.1) is 11.1 Å². The van der Waals surface area contributed by atoms with Crippen molar-refractivity contribution in [2.24, 2.45) is 5.73 Å². The highest BCUT2D eigenvalue weighted by Crippen LogP contribution is 2.31. The minimum absolute atomic E-state index is 0.0437. The number of hydrogen-bond acceptors (Lipinski definition) is 6. The second kappa shape index (κ2) is 6.10. The van der Waals surface area contributed by atoms with Crippen LogP contribution in [0.3, 0.4) is 0 Å². The number of hydrogen-bond donors (Lipinski definition) is 3. The van der Waals surface area contributed by atoms with Crippen molar-refractivity contribution in [1.29, 1.82) is 0 Å². The predicted octanol–water partition coefficient (Wildman–Crippen LogP) is -0.819. The molecule has 4 N–H and O–H groups in total. The van der Waals surface area contributed by atoms with E-state index in [1.54, 1.807) is 12.1 Å². The number of rotatable bonds is 3. The number of imide groups is 2. The van der Waals surface area contributed by atoms with Crippen LogP contribution in [0.4, 0.5) is 0 Å². The number of nitrogens with zero attached hydrogens (tertiary/aromatic N) is 1. The van der Waals surface area contributed by atoms with Gasteiger partial charge in [-0.3, -0.25) is 34.2 Å². The van der Waals surface area contributed by atoms with E-state index >= 15 is 0 Å². The molecule has 1 saturated heterocycles. The van der Waals surface area contributed by atoms with Gasteiger partial charge in [0, 0.05) is 18.9 Å². The summed E-state index contributed by atoms with van der Waals surface area (Å²) in [4.78, 5) is 60.9. The van der Waals surface area contributed by atoms with Crippen molar-refractivity contribution in [1.82, 2.24) is 15.5 Å². The first-order valence-corrected chi connectivity index (χ1v) is 7.68. The van der Waals surface area contributed by atoms with Crippen LogP contribution in [0.5, 0.6) is 0 Å². The fourth-order valence-corrected chi connectivity index (χ4v) is 3.10. The minimum Gasteiger partial charge on any atom is -0.337 e. The van der Waals surface area contributed by atoms with Gasteiger partial charge in [-0.05, 0) is 12.5 Å². The summed E-state index contributed by atoms with van der Waals surface area (Å²) < 4.78 is 0. The maximum absolute atomic E-state index is 12.8. The van der Waals surface area contributed by atoms with Crippen LogP contribution in [0.2, 0.25) is 0 Å². The molecule has 9 nitrogen and oxygen atoms in total. The molecule has 2 heterocycles. The molecule has 2 aliphatic heterocycles. The fourth-order valence-electron chi connectivity index (χ4n) is 3.10. The quantitative estimate of drug-likeness (QED) is 0.484. The number of piperidine rings is 1. The van der Waals surface area contributed by atoms with Crippen LogP contribution >= 0.6 is 0 Å². The van der Waals surface area contributed by atoms with Gasteiger partial charge in [0.1, 0.15) is 12.2 Å². The molecular weight excluding hydrogens is 328 g/mol. The Labute approximate surface area is 142 Å². The molecule has 2 unspecified atom stereocenters. The number of carbonyl (C=O) groups is 5. The zero-order valence-corrected chi connectivity index (χ0v) is 13.4. The van der Waals surface area contributed by atoms with Crippen LogP contribution in [0.15, 0.2) is 18.2 Å². The van der Waals surface area contributed by atoms with Crippen LogP contribution in [0.1, 0.15) is 52.2 Å². The second-order valence-corrected chi connectivity index (χ2v) is 5.90. The van der Waals surface area contributed by atoms with Gasteiger partial charge in [0.25, 0.3) is 11.8 Å². The molecule has 2 aliphatic rings. The molecule has 0 radical (unpaired) electrons. The summed E-state index contributed by atoms with van der Waals surface area (Å²) in [6.45, 7) is 1.28. The maximum atomic E-state index is 12.8. The van der Waals surface area contributed by atoms with Gasteiger partial charge in [0.2, 0.25) is 17.7 Å². The van der Waals surface area contributed by atoms with Gasteiger partial charge >= 0.3 is 0 Å². The van der Waals surface area contributed by atoms with Crippen LogP contribution in [-0.4, -0.2) is 40.5 Å². The standard InChI is InChI=1S/C16H16N4O5/c1-7(21)18-13(17)8-3-2-4-9-12(8)16(25)20(15(9)24)10-5-6-11(22)19-14(10)23/h2-4,10,13H,5-6,17H2,1H3,(H,18,21)(H,19,22,23). The number of carbonyl (C=O) groups excluding carboxylic acids is 5. The Morgan fingerprint density at radius 3 is 2.64 bits per heavy atom. The summed E-state index contributed by atoms with van der Waals surface area (Å²) >= 11 is 0. The summed E-state index contributed by atoms with van der Waals surface area (Å²) in [5, 5.41) is 4.60. The minimum atomic E-state index is -1.05. The molecule has 0 bridgehead atoms. The summed E-state index contributed by atoms with van der Waals surface area (Å²) in [6.07, 6.45) is -0.850. The Hall–Kier alpha value is -3.07. The molecule has 2 atom stereocenters. The highest BCUT2D eigenvalue weighted by molar-refractivity contribution is 6.24. The molecular formula is C16H16N4O5. The van der Waals surface area contributed by atoms with Crippen molar-refractivity contribution in [3.8, 4) is 0 Å². The average molecular weight is 344 g/mol. The molecule has 0 saturated carbocycles. The Kier molecular flexibility index (Phi) is 4.09. The smallest absolute Gasteiger partial charge is 0.262 e. The van der Waals surface area contributed by atoms with Crippen molar-refractivity contribution in [2.45, 2.75) is 32.0 Å². The summed E-state index contributed by atoms with van der Waals surface area (Å²) in [6, 6.07) is 3.51. The van der Waals surface area contributed by atoms with E-state index in [1.165, 1.54) is 13.0 Å². The van der Waals surface area contributed by atoms with Gasteiger partial charge < -0.3 is 11.1 Å². The van der Waals surface area contributed by atoms with E-state index in [0.29, 0.717) is 5.56 Å². The zero-order valence-electron chi connectivity index (χ0n) is 13.4. The maximum Gasteiger partial charge on any atom is 0.262 e. The van der Waals surface area contributed by atoms with Crippen LogP contribution in [0.25, 0.3) is 0 Å². The zero-order chi connectivity index (χ0) is 18.3. The van der Waals surface area contributed by atoms with E-state index in [1.807, 2.05) is 0 Å². The molecule has 5 amide bonds. The summed E-state index contributed by atoms with van der Waals surface area (Å²) in [5.74, 6) is -2.79. The van der Waals surface area contributed by atoms with Crippen molar-refractivity contribution in [2.75, 3.05) is 0 Å². The van der Waals surface area contributed by atoms with E-state index in [2.05, 4.69) is 10.6 Å². The van der Waals surface area contributed by atoms with Gasteiger partial charge in [-0.2, -0.15) is 0 Å². The van der Waals surface area contributed by atoms with Crippen molar-refractivity contribution in [3.05, 3.63) is 34.9 Å². The number of fused-ring (bicyclic) bond motifs is 1. The Morgan fingerprint density at radius 1 is 1.28 bits per heavy atom. The van der Waals surface area contributed by atoms with Gasteiger partial charge in [-0.25, -0.2) is 0 Å². The monoisotopic (exact) mass is 344 g/mol. The lowest BCUT2D eigenvalue weighted by atomic mass is 10.0. The van der Waals surface area contributed by atoms with Crippen LogP contribution in [0, 0.1) is 0 Å². The molecule has 9 heteroatoms. The predicted molar refractivity (Wildman–Crippen MR) is 83.9 cm³/mol. The third-order valence-electron chi connectivity index (χ3n) is 4.19. The Bertz CT molecular complexity index is 819. The second-order valence-electron chi connectivity index (χ2n) is 5.90. The lowest BCUT2D eigenvalue weighted by Gasteiger charge is -2.28. The first-order chi connectivity index (χ1) is 11.8. The molecule has 0 aromatic heterocycles. The Balaban J connectivity index is 1.98. The first kappa shape index (κ1) is 16.8. The lowest BCUT2D eigenvalue weighted by molar-refractivity contribution is -0.136. The fraction of sp³-hybridized carbons (Fsp3) is 0.312. The van der Waals surface area contributed by atoms with E-state index in [4.69, 9.17) is 5.73 Å². The molecule has 25 heavy (non-hydrogen) atoms. The normalized spacial score (nSPS) is 21.0. The third kappa shape index (κ3) is 2.78. The van der Waals surface area contributed by atoms with Crippen molar-refractivity contribution >= 4 is 29.5 Å². The number of benzene rings is 1. The largest absolute Gasteiger partial charge is 0.337 e. The SMILES string of the molecule is CC(=O)NC(N)c1cccc2c1C(=O)N(C1CCC(=O)NC1=O)C2=O. The summed E-state index contributed by atoms with van der Waals surface area (Å²) in [5.41, 5.74) is 6.39. The molecule has 1 aromatic rings. The molecule has 1 fully saturated rings. The van der Waals surface area contributed by atoms with Gasteiger partial charge in [0.15, 0.2) is 0 Å². The Morgan fingerprint density at radius 2 is 2.00 bits per heavy atom. The molecule has 3 rings (SSSR count). The van der Waals surface area contributed by atoms with E-state index < -0.39 is 35.8 Å².